The van der Waals surface area contributed by atoms with Gasteiger partial charge in [-0.15, -0.1) is 0 Å². The number of rotatable bonds is 4. The molecule has 2 aromatic heterocycles. The molecular weight excluding hydrogens is 370 g/mol. The van der Waals surface area contributed by atoms with Crippen LogP contribution in [0.15, 0.2) is 52.2 Å². The Hall–Kier alpha value is -3.42. The minimum atomic E-state index is -0.236. The zero-order valence-corrected chi connectivity index (χ0v) is 16.2. The molecule has 3 aromatic rings. The normalized spacial score (nSPS) is 14.9. The van der Waals surface area contributed by atoms with E-state index in [2.05, 4.69) is 15.2 Å². The molecule has 1 aliphatic rings. The number of para-hydroxylation sites is 1. The molecule has 1 amide bonds. The Kier molecular flexibility index (Phi) is 5.16. The van der Waals surface area contributed by atoms with Gasteiger partial charge in [-0.1, -0.05) is 18.2 Å². The monoisotopic (exact) mass is 393 g/mol. The second-order valence-electron chi connectivity index (χ2n) is 7.45. The summed E-state index contributed by atoms with van der Waals surface area (Å²) in [5.74, 6) is 0.985. The van der Waals surface area contributed by atoms with Crippen LogP contribution in [0.2, 0.25) is 0 Å². The van der Waals surface area contributed by atoms with Crippen molar-refractivity contribution in [3.8, 4) is 5.69 Å². The SMILES string of the molecule is Cc1ccccc1-n1c(CC2CCN(C(=O)c3ccc(=O)[nH]c3)CC2)n[nH]c1=O. The average molecular weight is 393 g/mol. The number of H-pyrrole nitrogens is 2. The van der Waals surface area contributed by atoms with Crippen molar-refractivity contribution >= 4 is 5.91 Å². The zero-order chi connectivity index (χ0) is 20.4. The average Bonchev–Trinajstić information content (AvgIpc) is 3.09. The molecule has 1 fully saturated rings. The van der Waals surface area contributed by atoms with E-state index in [1.54, 1.807) is 10.6 Å². The Morgan fingerprint density at radius 1 is 1.14 bits per heavy atom. The molecule has 1 aliphatic heterocycles. The number of likely N-dealkylation sites (tertiary alicyclic amines) is 1. The Morgan fingerprint density at radius 3 is 2.59 bits per heavy atom. The van der Waals surface area contributed by atoms with Gasteiger partial charge in [-0.3, -0.25) is 9.59 Å². The molecule has 2 N–H and O–H groups in total. The van der Waals surface area contributed by atoms with Crippen LogP contribution >= 0.6 is 0 Å². The third-order valence-corrected chi connectivity index (χ3v) is 5.50. The van der Waals surface area contributed by atoms with E-state index in [9.17, 15) is 14.4 Å². The number of aromatic amines is 2. The number of aromatic nitrogens is 4. The summed E-state index contributed by atoms with van der Waals surface area (Å²) in [6, 6.07) is 10.7. The van der Waals surface area contributed by atoms with Crippen LogP contribution in [0.4, 0.5) is 0 Å². The van der Waals surface area contributed by atoms with Gasteiger partial charge in [-0.2, -0.15) is 5.10 Å². The molecule has 3 heterocycles. The van der Waals surface area contributed by atoms with E-state index in [4.69, 9.17) is 0 Å². The number of carbonyl (C=O) groups excluding carboxylic acids is 1. The maximum absolute atomic E-state index is 12.6. The fraction of sp³-hybridized carbons (Fsp3) is 0.333. The van der Waals surface area contributed by atoms with Gasteiger partial charge in [0.15, 0.2) is 0 Å². The summed E-state index contributed by atoms with van der Waals surface area (Å²) >= 11 is 0. The van der Waals surface area contributed by atoms with Gasteiger partial charge in [-0.05, 0) is 43.4 Å². The van der Waals surface area contributed by atoms with Crippen molar-refractivity contribution in [2.75, 3.05) is 13.1 Å². The molecule has 0 saturated carbocycles. The van der Waals surface area contributed by atoms with E-state index in [0.29, 0.717) is 31.0 Å². The Balaban J connectivity index is 1.44. The molecule has 150 valence electrons. The lowest BCUT2D eigenvalue weighted by atomic mass is 9.93. The van der Waals surface area contributed by atoms with Crippen molar-refractivity contribution in [3.63, 3.8) is 0 Å². The van der Waals surface area contributed by atoms with Crippen LogP contribution in [-0.2, 0) is 6.42 Å². The predicted octanol–water partition coefficient (Wildman–Crippen LogP) is 1.65. The number of piperidine rings is 1. The zero-order valence-electron chi connectivity index (χ0n) is 16.2. The summed E-state index contributed by atoms with van der Waals surface area (Å²) in [5.41, 5.74) is 1.88. The van der Waals surface area contributed by atoms with Gasteiger partial charge in [0.25, 0.3) is 5.91 Å². The smallest absolute Gasteiger partial charge is 0.339 e. The number of aryl methyl sites for hydroxylation is 1. The van der Waals surface area contributed by atoms with Gasteiger partial charge in [0.2, 0.25) is 5.56 Å². The predicted molar refractivity (Wildman–Crippen MR) is 108 cm³/mol. The number of carbonyl (C=O) groups is 1. The molecule has 0 atom stereocenters. The molecular formula is C21H23N5O3. The minimum absolute atomic E-state index is 0.0729. The van der Waals surface area contributed by atoms with E-state index >= 15 is 0 Å². The number of hydrogen-bond donors (Lipinski definition) is 2. The van der Waals surface area contributed by atoms with Gasteiger partial charge in [0.1, 0.15) is 5.82 Å². The lowest BCUT2D eigenvalue weighted by molar-refractivity contribution is 0.0689. The fourth-order valence-electron chi connectivity index (χ4n) is 3.85. The fourth-order valence-corrected chi connectivity index (χ4v) is 3.85. The summed E-state index contributed by atoms with van der Waals surface area (Å²) < 4.78 is 1.65. The van der Waals surface area contributed by atoms with Crippen LogP contribution in [0.3, 0.4) is 0 Å². The lowest BCUT2D eigenvalue weighted by Crippen LogP contribution is -2.39. The number of nitrogens with one attached hydrogen (secondary N) is 2. The van der Waals surface area contributed by atoms with Crippen LogP contribution in [-0.4, -0.2) is 43.6 Å². The highest BCUT2D eigenvalue weighted by Crippen LogP contribution is 2.23. The second-order valence-corrected chi connectivity index (χ2v) is 7.45. The van der Waals surface area contributed by atoms with E-state index in [1.807, 2.05) is 36.1 Å². The third kappa shape index (κ3) is 3.91. The molecule has 1 aromatic carbocycles. The minimum Gasteiger partial charge on any atom is -0.339 e. The highest BCUT2D eigenvalue weighted by molar-refractivity contribution is 5.93. The number of amides is 1. The maximum atomic E-state index is 12.6. The molecule has 0 radical (unpaired) electrons. The van der Waals surface area contributed by atoms with Crippen molar-refractivity contribution < 1.29 is 4.79 Å². The van der Waals surface area contributed by atoms with Crippen LogP contribution in [0.25, 0.3) is 5.69 Å². The summed E-state index contributed by atoms with van der Waals surface area (Å²) in [4.78, 5) is 40.4. The first-order valence-electron chi connectivity index (χ1n) is 9.73. The highest BCUT2D eigenvalue weighted by Gasteiger charge is 2.25. The molecule has 0 unspecified atom stereocenters. The molecule has 8 nitrogen and oxygen atoms in total. The number of benzene rings is 1. The number of nitrogens with zero attached hydrogens (tertiary/aromatic N) is 3. The summed E-state index contributed by atoms with van der Waals surface area (Å²) in [6.45, 7) is 3.25. The molecule has 4 rings (SSSR count). The first-order chi connectivity index (χ1) is 14.0. The van der Waals surface area contributed by atoms with E-state index < -0.39 is 0 Å². The van der Waals surface area contributed by atoms with Crippen molar-refractivity contribution in [2.24, 2.45) is 5.92 Å². The van der Waals surface area contributed by atoms with Gasteiger partial charge < -0.3 is 9.88 Å². The van der Waals surface area contributed by atoms with Crippen molar-refractivity contribution in [2.45, 2.75) is 26.2 Å². The first kappa shape index (κ1) is 18.9. The first-order valence-corrected chi connectivity index (χ1v) is 9.73. The maximum Gasteiger partial charge on any atom is 0.347 e. The molecule has 0 bridgehead atoms. The molecule has 0 aliphatic carbocycles. The van der Waals surface area contributed by atoms with Gasteiger partial charge in [0.05, 0.1) is 11.3 Å². The van der Waals surface area contributed by atoms with E-state index in [1.165, 1.54) is 12.3 Å². The Labute approximate surface area is 167 Å². The second kappa shape index (κ2) is 7.90. The van der Waals surface area contributed by atoms with Crippen molar-refractivity contribution in [1.82, 2.24) is 24.6 Å². The third-order valence-electron chi connectivity index (χ3n) is 5.50. The van der Waals surface area contributed by atoms with Crippen LogP contribution < -0.4 is 11.2 Å². The molecule has 0 spiro atoms. The number of hydrogen-bond acceptors (Lipinski definition) is 4. The lowest BCUT2D eigenvalue weighted by Gasteiger charge is -2.32. The Morgan fingerprint density at radius 2 is 1.90 bits per heavy atom. The Bertz CT molecular complexity index is 1110. The topological polar surface area (TPSA) is 104 Å². The largest absolute Gasteiger partial charge is 0.347 e. The number of pyridine rings is 1. The van der Waals surface area contributed by atoms with Gasteiger partial charge in [-0.25, -0.2) is 14.5 Å². The molecule has 29 heavy (non-hydrogen) atoms. The molecule has 8 heteroatoms. The quantitative estimate of drug-likeness (QED) is 0.703. The van der Waals surface area contributed by atoms with Crippen molar-refractivity contribution in [1.29, 1.82) is 0 Å². The highest BCUT2D eigenvalue weighted by atomic mass is 16.2. The van der Waals surface area contributed by atoms with Crippen molar-refractivity contribution in [3.05, 3.63) is 80.4 Å². The van der Waals surface area contributed by atoms with E-state index in [-0.39, 0.29) is 17.2 Å². The summed E-state index contributed by atoms with van der Waals surface area (Å²) in [6.07, 6.45) is 3.81. The summed E-state index contributed by atoms with van der Waals surface area (Å²) in [5, 5.41) is 6.82. The van der Waals surface area contributed by atoms with Crippen LogP contribution in [0.1, 0.15) is 34.6 Å². The van der Waals surface area contributed by atoms with Gasteiger partial charge >= 0.3 is 5.69 Å². The van der Waals surface area contributed by atoms with E-state index in [0.717, 1.165) is 29.9 Å². The van der Waals surface area contributed by atoms with Crippen LogP contribution in [0.5, 0.6) is 0 Å². The van der Waals surface area contributed by atoms with Crippen LogP contribution in [0, 0.1) is 12.8 Å². The standard InChI is InChI=1S/C21H23N5O3/c1-14-4-2-3-5-17(14)26-18(23-24-21(26)29)12-15-8-10-25(11-9-15)20(28)16-6-7-19(27)22-13-16/h2-7,13,15H,8-12H2,1H3,(H,22,27)(H,24,29). The molecule has 1 saturated heterocycles. The summed E-state index contributed by atoms with van der Waals surface area (Å²) in [7, 11) is 0. The van der Waals surface area contributed by atoms with Gasteiger partial charge in [0, 0.05) is 31.8 Å².